The number of rotatable bonds is 4. The predicted octanol–water partition coefficient (Wildman–Crippen LogP) is -8.47. The van der Waals surface area contributed by atoms with E-state index in [0.29, 0.717) is 11.2 Å². The third kappa shape index (κ3) is 4.76. The van der Waals surface area contributed by atoms with Crippen molar-refractivity contribution >= 4 is 18.8 Å². The summed E-state index contributed by atoms with van der Waals surface area (Å²) in [6, 6.07) is 0. The fraction of sp³-hybridized carbons (Fsp3) is 0.500. The van der Waals surface area contributed by atoms with E-state index >= 15 is 0 Å². The minimum Gasteiger partial charge on any atom is -0.809 e. The minimum absolute atomic E-state index is 0. The number of H-pyrrole nitrogens is 1. The molecule has 1 fully saturated rings. The molecule has 2 aromatic heterocycles. The molecule has 2 atom stereocenters. The van der Waals surface area contributed by atoms with Crippen LogP contribution in [0, 0.1) is 5.41 Å². The van der Waals surface area contributed by atoms with Crippen molar-refractivity contribution in [3.05, 3.63) is 18.1 Å². The molecule has 1 aliphatic rings. The van der Waals surface area contributed by atoms with Gasteiger partial charge in [-0.25, -0.2) is 9.97 Å². The number of fused-ring (bicyclic) bond motifs is 1. The quantitative estimate of drug-likeness (QED) is 0.349. The molecule has 3 heterocycles. The van der Waals surface area contributed by atoms with Gasteiger partial charge in [0.25, 0.3) is 5.91 Å². The van der Waals surface area contributed by atoms with Crippen LogP contribution in [0.25, 0.3) is 11.2 Å². The molecule has 1 unspecified atom stereocenters. The molecule has 0 amide bonds. The molecule has 1 aliphatic heterocycles. The summed E-state index contributed by atoms with van der Waals surface area (Å²) in [6.07, 6.45) is 0.648. The van der Waals surface area contributed by atoms with E-state index in [1.807, 2.05) is 0 Å². The molecule has 3 rings (SSSR count). The Morgan fingerprint density at radius 1 is 1.54 bits per heavy atom. The summed E-state index contributed by atoms with van der Waals surface area (Å²) in [4.78, 5) is 31.8. The van der Waals surface area contributed by atoms with Gasteiger partial charge >= 0.3 is 59.1 Å². The molecule has 0 bridgehead atoms. The Morgan fingerprint density at radius 3 is 2.92 bits per heavy atom. The first-order chi connectivity index (χ1) is 10.3. The zero-order chi connectivity index (χ0) is 16.0. The van der Waals surface area contributed by atoms with Gasteiger partial charge in [-0.3, -0.25) is 9.98 Å². The van der Waals surface area contributed by atoms with Crippen LogP contribution in [0.2, 0.25) is 0 Å². The van der Waals surface area contributed by atoms with E-state index in [0.717, 1.165) is 4.57 Å². The average Bonchev–Trinajstić information content (AvgIpc) is 3.03. The minimum atomic E-state index is -4.79. The van der Waals surface area contributed by atoms with Crippen molar-refractivity contribution in [3.63, 3.8) is 0 Å². The molecular formula is C10H12N5Na2O6P. The Morgan fingerprint density at radius 2 is 2.25 bits per heavy atom. The number of hydrogen-bond acceptors (Lipinski definition) is 9. The van der Waals surface area contributed by atoms with Gasteiger partial charge in [0.2, 0.25) is 0 Å². The first kappa shape index (κ1) is 22.4. The summed E-state index contributed by atoms with van der Waals surface area (Å²) < 4.78 is 21.8. The number of imidazole rings is 1. The third-order valence-corrected chi connectivity index (χ3v) is 3.70. The predicted molar refractivity (Wildman–Crippen MR) is 65.8 cm³/mol. The molecule has 120 valence electrons. The largest absolute Gasteiger partial charge is 1.00 e. The van der Waals surface area contributed by atoms with Crippen LogP contribution in [0.15, 0.2) is 12.7 Å². The maximum Gasteiger partial charge on any atom is 1.00 e. The van der Waals surface area contributed by atoms with E-state index in [1.54, 1.807) is 0 Å². The maximum atomic E-state index is 10.6. The SMILES string of the molecule is N=c1c2[nH]cnc2ncn1C1(O)C[C@@H](OCP(=O)([O-])[O-])CO1.[Na+].[Na+]. The van der Waals surface area contributed by atoms with E-state index in [-0.39, 0.29) is 77.6 Å². The standard InChI is InChI=1S/C10H14N5O6P.2Na/c11-8-7-9(13-3-12-7)14-4-15(8)10(16)1-6(2-21-10)20-5-22(17,18)19;;/h3-4,6,11,16H,1-2,5H2,(H,12,13)(H2,17,18,19);;/q;2*+1/p-2/t6-,10?;;/m1../s1. The summed E-state index contributed by atoms with van der Waals surface area (Å²) in [5.74, 6) is -1.91. The van der Waals surface area contributed by atoms with Crippen LogP contribution in [0.3, 0.4) is 0 Å². The Hall–Kier alpha value is 0.380. The number of aromatic nitrogens is 4. The van der Waals surface area contributed by atoms with Crippen LogP contribution < -0.4 is 74.4 Å². The van der Waals surface area contributed by atoms with Crippen molar-refractivity contribution < 1.29 is 88.0 Å². The monoisotopic (exact) mass is 375 g/mol. The molecule has 0 aliphatic carbocycles. The zero-order valence-electron chi connectivity index (χ0n) is 13.1. The Kier molecular flexibility index (Phi) is 7.83. The number of nitrogens with zero attached hydrogens (tertiary/aromatic N) is 3. The van der Waals surface area contributed by atoms with Crippen LogP contribution in [-0.4, -0.2) is 43.7 Å². The molecular weight excluding hydrogens is 363 g/mol. The maximum absolute atomic E-state index is 10.6. The molecule has 3 N–H and O–H groups in total. The summed E-state index contributed by atoms with van der Waals surface area (Å²) in [7, 11) is -4.79. The Labute approximate surface area is 180 Å². The van der Waals surface area contributed by atoms with Crippen LogP contribution in [0.4, 0.5) is 0 Å². The number of hydrogen-bond donors (Lipinski definition) is 3. The van der Waals surface area contributed by atoms with E-state index in [1.165, 1.54) is 12.7 Å². The van der Waals surface area contributed by atoms with E-state index < -0.39 is 26.0 Å². The van der Waals surface area contributed by atoms with Crippen molar-refractivity contribution in [3.8, 4) is 0 Å². The van der Waals surface area contributed by atoms with Gasteiger partial charge in [-0.05, 0) is 7.60 Å². The first-order valence-corrected chi connectivity index (χ1v) is 7.96. The zero-order valence-corrected chi connectivity index (χ0v) is 18.0. The number of aliphatic hydroxyl groups is 1. The van der Waals surface area contributed by atoms with Gasteiger partial charge in [0.1, 0.15) is 11.8 Å². The van der Waals surface area contributed by atoms with Gasteiger partial charge in [0.05, 0.1) is 31.8 Å². The normalized spacial score (nSPS) is 23.7. The first-order valence-electron chi connectivity index (χ1n) is 6.23. The van der Waals surface area contributed by atoms with Crippen LogP contribution in [0.5, 0.6) is 0 Å². The second kappa shape index (κ2) is 8.38. The summed E-state index contributed by atoms with van der Waals surface area (Å²) in [6.45, 7) is -0.121. The van der Waals surface area contributed by atoms with Gasteiger partial charge < -0.3 is 33.9 Å². The number of aromatic amines is 1. The molecule has 0 radical (unpaired) electrons. The smallest absolute Gasteiger partial charge is 0.809 e. The van der Waals surface area contributed by atoms with E-state index in [9.17, 15) is 19.5 Å². The van der Waals surface area contributed by atoms with Crippen molar-refractivity contribution in [2.75, 3.05) is 13.0 Å². The van der Waals surface area contributed by atoms with Crippen molar-refractivity contribution in [1.29, 1.82) is 5.41 Å². The Bertz CT molecular complexity index is 808. The summed E-state index contributed by atoms with van der Waals surface area (Å²) in [5.41, 5.74) is 0.519. The molecule has 0 spiro atoms. The number of nitrogens with one attached hydrogen (secondary N) is 2. The van der Waals surface area contributed by atoms with Crippen LogP contribution in [-0.2, 0) is 19.9 Å². The van der Waals surface area contributed by atoms with Crippen molar-refractivity contribution in [2.45, 2.75) is 18.4 Å². The fourth-order valence-electron chi connectivity index (χ4n) is 2.23. The third-order valence-electron chi connectivity index (χ3n) is 3.23. The summed E-state index contributed by atoms with van der Waals surface area (Å²) >= 11 is 0. The van der Waals surface area contributed by atoms with Crippen molar-refractivity contribution in [2.24, 2.45) is 0 Å². The molecule has 24 heavy (non-hydrogen) atoms. The molecule has 1 saturated heterocycles. The van der Waals surface area contributed by atoms with Gasteiger partial charge in [0, 0.05) is 0 Å². The van der Waals surface area contributed by atoms with Crippen LogP contribution >= 0.6 is 7.60 Å². The number of ether oxygens (including phenoxy) is 2. The van der Waals surface area contributed by atoms with Crippen LogP contribution in [0.1, 0.15) is 6.42 Å². The van der Waals surface area contributed by atoms with Crippen molar-refractivity contribution in [1.82, 2.24) is 19.5 Å². The second-order valence-electron chi connectivity index (χ2n) is 4.85. The molecule has 0 aromatic carbocycles. The van der Waals surface area contributed by atoms with Gasteiger partial charge in [-0.1, -0.05) is 0 Å². The van der Waals surface area contributed by atoms with Gasteiger partial charge in [0.15, 0.2) is 11.1 Å². The second-order valence-corrected chi connectivity index (χ2v) is 6.33. The van der Waals surface area contributed by atoms with E-state index in [2.05, 4.69) is 15.0 Å². The fourth-order valence-corrected chi connectivity index (χ4v) is 2.62. The topological polar surface area (TPSA) is 172 Å². The van der Waals surface area contributed by atoms with Gasteiger partial charge in [-0.2, -0.15) is 0 Å². The molecule has 0 saturated carbocycles. The van der Waals surface area contributed by atoms with E-state index in [4.69, 9.17) is 14.9 Å². The Balaban J connectivity index is 0.00000144. The molecule has 11 nitrogen and oxygen atoms in total. The molecule has 14 heteroatoms. The average molecular weight is 375 g/mol. The molecule has 2 aromatic rings. The summed E-state index contributed by atoms with van der Waals surface area (Å²) in [5, 5.41) is 18.5. The van der Waals surface area contributed by atoms with Gasteiger partial charge in [-0.15, -0.1) is 0 Å².